The predicted octanol–water partition coefficient (Wildman–Crippen LogP) is 11.7. The first kappa shape index (κ1) is 85.4. The third-order valence-corrected chi connectivity index (χ3v) is 18.8. The Morgan fingerprint density at radius 2 is 0.789 bits per heavy atom. The van der Waals surface area contributed by atoms with E-state index in [4.69, 9.17) is 69.1 Å². The first-order valence-corrected chi connectivity index (χ1v) is 36.7. The van der Waals surface area contributed by atoms with E-state index in [-0.39, 0.29) is 119 Å². The van der Waals surface area contributed by atoms with Crippen LogP contribution in [0.3, 0.4) is 0 Å². The van der Waals surface area contributed by atoms with Gasteiger partial charge in [-0.2, -0.15) is 0 Å². The molecule has 0 saturated heterocycles. The molecule has 6 heterocycles. The lowest BCUT2D eigenvalue weighted by atomic mass is 9.99. The van der Waals surface area contributed by atoms with E-state index >= 15 is 0 Å². The molecule has 0 bridgehead atoms. The average Bonchev–Trinajstić information content (AvgIpc) is 0.763. The fraction of sp³-hybridized carbons (Fsp3) is 0.326. The topological polar surface area (TPSA) is 354 Å². The lowest BCUT2D eigenvalue weighted by Crippen LogP contribution is -2.46. The molecule has 1 atom stereocenters. The summed E-state index contributed by atoms with van der Waals surface area (Å²) in [5.74, 6) is 1.17. The van der Waals surface area contributed by atoms with Crippen molar-refractivity contribution in [1.82, 2.24) is 4.90 Å². The monoisotopic (exact) mass is 1570 g/mol. The minimum atomic E-state index is -1.09. The van der Waals surface area contributed by atoms with Crippen LogP contribution in [0.4, 0.5) is 0 Å². The Kier molecular flexibility index (Phi) is 30.4. The fourth-order valence-electron chi connectivity index (χ4n) is 12.8. The molecule has 0 aliphatic rings. The summed E-state index contributed by atoms with van der Waals surface area (Å²) in [4.78, 5) is 79.3. The van der Waals surface area contributed by atoms with Crippen molar-refractivity contribution in [2.24, 2.45) is 0 Å². The van der Waals surface area contributed by atoms with E-state index in [1.807, 2.05) is 61.2 Å². The highest BCUT2D eigenvalue weighted by molar-refractivity contribution is 6.00. The fourth-order valence-corrected chi connectivity index (χ4v) is 12.8. The molecule has 602 valence electrons. The zero-order chi connectivity index (χ0) is 81.5. The maximum absolute atomic E-state index is 13.9. The summed E-state index contributed by atoms with van der Waals surface area (Å²) in [6.07, 6.45) is 2.41. The van der Waals surface area contributed by atoms with Crippen LogP contribution in [0.15, 0.2) is 225 Å². The molecular weight excluding hydrogens is 1470 g/mol. The van der Waals surface area contributed by atoms with E-state index in [0.29, 0.717) is 133 Å². The highest BCUT2D eigenvalue weighted by Gasteiger charge is 2.29. The number of aliphatic hydroxyl groups is 2. The van der Waals surface area contributed by atoms with Gasteiger partial charge in [-0.3, -0.25) is 4.90 Å². The molecule has 0 aliphatic carbocycles. The van der Waals surface area contributed by atoms with Crippen molar-refractivity contribution in [2.45, 2.75) is 39.6 Å². The minimum absolute atomic E-state index is 0.0626. The number of hydrogen-bond acceptors (Lipinski definition) is 26. The molecular formula is C86H93N3O25. The van der Waals surface area contributed by atoms with E-state index < -0.39 is 55.8 Å². The summed E-state index contributed by atoms with van der Waals surface area (Å²) >= 11 is 0. The smallest absolute Gasteiger partial charge is 0.344 e. The predicted molar refractivity (Wildman–Crippen MR) is 432 cm³/mol. The van der Waals surface area contributed by atoms with Gasteiger partial charge in [0.1, 0.15) is 105 Å². The van der Waals surface area contributed by atoms with Crippen molar-refractivity contribution in [3.05, 3.63) is 260 Å². The first-order valence-electron chi connectivity index (χ1n) is 36.7. The van der Waals surface area contributed by atoms with E-state index in [1.54, 1.807) is 111 Å². The van der Waals surface area contributed by atoms with Gasteiger partial charge in [0.15, 0.2) is 11.2 Å². The van der Waals surface area contributed by atoms with Crippen LogP contribution in [0.1, 0.15) is 30.5 Å². The molecule has 0 spiro atoms. The summed E-state index contributed by atoms with van der Waals surface area (Å²) in [7, 11) is 9.34. The van der Waals surface area contributed by atoms with E-state index in [9.17, 15) is 49.4 Å². The number of quaternary nitrogens is 2. The number of para-hydroxylation sites is 3. The average molecular weight is 1570 g/mol. The third kappa shape index (κ3) is 21.6. The number of ether oxygens (including phenoxy) is 9. The van der Waals surface area contributed by atoms with Gasteiger partial charge in [-0.15, -0.1) is 0 Å². The van der Waals surface area contributed by atoms with Crippen LogP contribution >= 0.6 is 0 Å². The largest absolute Gasteiger partial charge is 0.632 e. The summed E-state index contributed by atoms with van der Waals surface area (Å²) in [6.45, 7) is 11.2. The zero-order valence-corrected chi connectivity index (χ0v) is 64.9. The molecule has 0 saturated carbocycles. The Morgan fingerprint density at radius 3 is 1.13 bits per heavy atom. The summed E-state index contributed by atoms with van der Waals surface area (Å²) in [5.41, 5.74) is 2.40. The van der Waals surface area contributed by atoms with Crippen LogP contribution in [-0.4, -0.2) is 179 Å². The molecule has 6 aromatic carbocycles. The van der Waals surface area contributed by atoms with Gasteiger partial charge >= 0.3 is 33.8 Å². The lowest BCUT2D eigenvalue weighted by Gasteiger charge is -2.42. The summed E-state index contributed by atoms with van der Waals surface area (Å²) in [5, 5.41) is 50.5. The number of fused-ring (bicyclic) bond motifs is 6. The molecule has 12 rings (SSSR count). The van der Waals surface area contributed by atoms with Crippen molar-refractivity contribution in [3.63, 3.8) is 0 Å². The number of nitrogens with zero attached hydrogens (tertiary/aromatic N) is 3. The second-order valence-corrected chi connectivity index (χ2v) is 27.0. The highest BCUT2D eigenvalue weighted by Crippen LogP contribution is 2.39. The number of aliphatic hydroxyl groups excluding tert-OH is 2. The summed E-state index contributed by atoms with van der Waals surface area (Å²) in [6, 6.07) is 40.5. The molecule has 2 N–H and O–H groups in total. The second kappa shape index (κ2) is 40.6. The number of benzene rings is 6. The SMILES string of the molecule is C=CCOc1ccc2c(-c3cc4ccccc4oc3=O)cc(=O)oc2c1C[N+]([O-])(CCOC)CCOC.COCCN(CCOC)Cc1c(OCC(O)CO)ccc2c(-c3cc4ccccc4oc3=O)cc(=O)oc12.COCC[N+]([O-])(CCOC)Cc1c(OCC=C(C)C)ccc2c(-c3cc4ccccc4oc3=O)cc(=O)oc12. The number of rotatable bonds is 37. The Morgan fingerprint density at radius 1 is 0.447 bits per heavy atom. The van der Waals surface area contributed by atoms with Crippen molar-refractivity contribution in [3.8, 4) is 50.6 Å². The lowest BCUT2D eigenvalue weighted by molar-refractivity contribution is -0.894. The molecule has 0 fully saturated rings. The van der Waals surface area contributed by atoms with Crippen molar-refractivity contribution < 1.29 is 88.6 Å². The first-order chi connectivity index (χ1) is 55.1. The number of hydrogen-bond donors (Lipinski definition) is 2. The second-order valence-electron chi connectivity index (χ2n) is 27.0. The minimum Gasteiger partial charge on any atom is -0.632 e. The molecule has 0 aliphatic heterocycles. The quantitative estimate of drug-likeness (QED) is 0.0158. The molecule has 28 nitrogen and oxygen atoms in total. The van der Waals surface area contributed by atoms with E-state index in [1.165, 1.54) is 46.6 Å². The van der Waals surface area contributed by atoms with Gasteiger partial charge in [-0.05, 0) is 92.7 Å². The Hall–Kier alpha value is -11.1. The van der Waals surface area contributed by atoms with Crippen LogP contribution in [0.2, 0.25) is 0 Å². The molecule has 1 unspecified atom stereocenters. The molecule has 0 amide bonds. The van der Waals surface area contributed by atoms with Gasteiger partial charge in [0.25, 0.3) is 0 Å². The maximum Gasteiger partial charge on any atom is 0.344 e. The van der Waals surface area contributed by atoms with Gasteiger partial charge in [0.2, 0.25) is 0 Å². The number of hydroxylamine groups is 6. The zero-order valence-electron chi connectivity index (χ0n) is 64.9. The summed E-state index contributed by atoms with van der Waals surface area (Å²) < 4.78 is 81.2. The van der Waals surface area contributed by atoms with Crippen molar-refractivity contribution in [1.29, 1.82) is 0 Å². The van der Waals surface area contributed by atoms with E-state index in [0.717, 1.165) is 5.57 Å². The number of methoxy groups -OCH3 is 6. The standard InChI is InChI=1S/C30H33NO8.C28H31NO9.C28H29NO8/c1-20(2)11-14-37-27-10-9-22-23(24-17-21-7-5-6-8-26(21)38-30(24)33)18-28(32)39-29(22)25(27)19-31(34,12-15-35-3)13-16-36-4;1-34-11-9-29(10-12-35-2)15-23-25(36-17-19(31)16-30)8-7-20-21(14-26(32)38-27(20)23)22-13-18-5-3-4-6-24(18)37-28(22)33;1-4-13-35-25-10-9-20-21(22-16-19-7-5-6-8-24(19)36-28(22)31)17-26(30)37-27(20)23(25)18-29(32,11-14-33-2)12-15-34-3/h5-11,17-18H,12-16,19H2,1-4H3;3-8,13-14,19,30-31H,9-12,15-17H2,1-2H3;4-10,16-17H,1,11-15,18H2,2-3H3. The molecule has 28 heteroatoms. The van der Waals surface area contributed by atoms with Crippen LogP contribution in [0, 0.1) is 10.4 Å². The van der Waals surface area contributed by atoms with Crippen LogP contribution in [-0.2, 0) is 48.1 Å². The van der Waals surface area contributed by atoms with Crippen LogP contribution in [0.5, 0.6) is 17.2 Å². The molecule has 0 radical (unpaired) electrons. The maximum atomic E-state index is 13.9. The highest BCUT2D eigenvalue weighted by atomic mass is 16.6. The normalized spacial score (nSPS) is 12.0. The number of allylic oxidation sites excluding steroid dienone is 1. The van der Waals surface area contributed by atoms with Gasteiger partial charge in [0.05, 0.1) is 79.6 Å². The Labute approximate surface area is 654 Å². The van der Waals surface area contributed by atoms with Crippen molar-refractivity contribution >= 4 is 65.8 Å². The van der Waals surface area contributed by atoms with Gasteiger partial charge < -0.3 is 99.1 Å². The van der Waals surface area contributed by atoms with E-state index in [2.05, 4.69) is 6.58 Å². The van der Waals surface area contributed by atoms with Crippen molar-refractivity contribution in [2.75, 3.05) is 148 Å². The Bertz CT molecular complexity index is 5690. The molecule has 114 heavy (non-hydrogen) atoms. The van der Waals surface area contributed by atoms with Gasteiger partial charge in [-0.25, -0.2) is 28.8 Å². The molecule has 12 aromatic rings. The molecule has 6 aromatic heterocycles. The van der Waals surface area contributed by atoms with Gasteiger partial charge in [0, 0.05) is 129 Å². The van der Waals surface area contributed by atoms with Gasteiger partial charge in [-0.1, -0.05) is 72.8 Å². The van der Waals surface area contributed by atoms with Crippen LogP contribution in [0.25, 0.3) is 99.2 Å². The van der Waals surface area contributed by atoms with Crippen LogP contribution < -0.4 is 48.0 Å². The third-order valence-electron chi connectivity index (χ3n) is 18.8. The Balaban J connectivity index is 0.000000181.